The molecule has 3 N–H and O–H groups in total. The van der Waals surface area contributed by atoms with Gasteiger partial charge in [0.2, 0.25) is 0 Å². The summed E-state index contributed by atoms with van der Waals surface area (Å²) >= 11 is 3.30. The molecule has 0 saturated carbocycles. The van der Waals surface area contributed by atoms with E-state index >= 15 is 0 Å². The largest absolute Gasteiger partial charge is 0.496 e. The molecule has 2 rings (SSSR count). The molecule has 0 fully saturated rings. The van der Waals surface area contributed by atoms with Crippen LogP contribution in [0.1, 0.15) is 22.7 Å². The number of nitrogens with two attached hydrogens (primary N) is 1. The van der Waals surface area contributed by atoms with E-state index < -0.39 is 0 Å². The van der Waals surface area contributed by atoms with Gasteiger partial charge >= 0.3 is 0 Å². The minimum atomic E-state index is -0.272. The van der Waals surface area contributed by atoms with Crippen molar-refractivity contribution < 1.29 is 9.13 Å². The fraction of sp³-hybridized carbons (Fsp3) is 0.250. The van der Waals surface area contributed by atoms with Crippen molar-refractivity contribution in [1.82, 2.24) is 5.43 Å². The number of hydrogen-bond acceptors (Lipinski definition) is 3. The number of hydrogen-bond donors (Lipinski definition) is 2. The van der Waals surface area contributed by atoms with Gasteiger partial charge in [-0.25, -0.2) is 4.39 Å². The Balaban J connectivity index is 2.31. The zero-order chi connectivity index (χ0) is 15.4. The van der Waals surface area contributed by atoms with E-state index in [0.29, 0.717) is 10.9 Å². The molecule has 0 aliphatic carbocycles. The second-order valence-corrected chi connectivity index (χ2v) is 5.86. The zero-order valence-corrected chi connectivity index (χ0v) is 13.6. The topological polar surface area (TPSA) is 47.3 Å². The lowest BCUT2D eigenvalue weighted by Crippen LogP contribution is -2.30. The van der Waals surface area contributed by atoms with Gasteiger partial charge in [-0.05, 0) is 48.7 Å². The van der Waals surface area contributed by atoms with E-state index in [1.54, 1.807) is 7.11 Å². The van der Waals surface area contributed by atoms with Crippen LogP contribution in [0.3, 0.4) is 0 Å². The monoisotopic (exact) mass is 352 g/mol. The third-order valence-electron chi connectivity index (χ3n) is 3.33. The minimum Gasteiger partial charge on any atom is -0.496 e. The zero-order valence-electron chi connectivity index (χ0n) is 12.0. The number of methoxy groups -OCH3 is 1. The van der Waals surface area contributed by atoms with Crippen molar-refractivity contribution in [1.29, 1.82) is 0 Å². The highest BCUT2D eigenvalue weighted by Gasteiger charge is 2.16. The molecule has 112 valence electrons. The maximum absolute atomic E-state index is 13.5. The van der Waals surface area contributed by atoms with E-state index in [0.717, 1.165) is 22.4 Å². The highest BCUT2D eigenvalue weighted by atomic mass is 79.9. The fourth-order valence-electron chi connectivity index (χ4n) is 2.33. The Kier molecular flexibility index (Phi) is 5.33. The van der Waals surface area contributed by atoms with Crippen LogP contribution < -0.4 is 16.0 Å². The number of benzene rings is 2. The predicted molar refractivity (Wildman–Crippen MR) is 85.6 cm³/mol. The number of halogens is 2. The first-order chi connectivity index (χ1) is 10.0. The van der Waals surface area contributed by atoms with E-state index in [9.17, 15) is 4.39 Å². The minimum absolute atomic E-state index is 0.158. The summed E-state index contributed by atoms with van der Waals surface area (Å²) < 4.78 is 19.6. The van der Waals surface area contributed by atoms with Gasteiger partial charge in [0.05, 0.1) is 13.2 Å². The Morgan fingerprint density at radius 2 is 2.05 bits per heavy atom. The third-order valence-corrected chi connectivity index (χ3v) is 3.79. The van der Waals surface area contributed by atoms with E-state index in [1.807, 2.05) is 31.2 Å². The molecule has 0 amide bonds. The maximum Gasteiger partial charge on any atom is 0.124 e. The second-order valence-electron chi connectivity index (χ2n) is 4.95. The average Bonchev–Trinajstić information content (AvgIpc) is 2.44. The molecular weight excluding hydrogens is 335 g/mol. The molecule has 2 aromatic carbocycles. The third kappa shape index (κ3) is 4.03. The number of ether oxygens (including phenoxy) is 1. The van der Waals surface area contributed by atoms with Crippen LogP contribution in [0.25, 0.3) is 0 Å². The van der Waals surface area contributed by atoms with Crippen molar-refractivity contribution in [2.75, 3.05) is 7.11 Å². The molecule has 0 aliphatic rings. The van der Waals surface area contributed by atoms with Gasteiger partial charge in [-0.1, -0.05) is 28.1 Å². The molecular formula is C16H18BrFN2O. The van der Waals surface area contributed by atoms with Crippen LogP contribution in [0.15, 0.2) is 40.9 Å². The van der Waals surface area contributed by atoms with Gasteiger partial charge < -0.3 is 4.74 Å². The van der Waals surface area contributed by atoms with E-state index in [2.05, 4.69) is 21.4 Å². The molecule has 0 aliphatic heterocycles. The summed E-state index contributed by atoms with van der Waals surface area (Å²) in [6, 6.07) is 10.6. The van der Waals surface area contributed by atoms with Crippen LogP contribution in [-0.4, -0.2) is 7.11 Å². The lowest BCUT2D eigenvalue weighted by Gasteiger charge is -2.20. The molecule has 0 aromatic heterocycles. The van der Waals surface area contributed by atoms with E-state index in [-0.39, 0.29) is 11.9 Å². The Bertz CT molecular complexity index is 613. The summed E-state index contributed by atoms with van der Waals surface area (Å²) in [6.45, 7) is 2.00. The predicted octanol–water partition coefficient (Wildman–Crippen LogP) is 3.65. The van der Waals surface area contributed by atoms with Crippen LogP contribution in [0.2, 0.25) is 0 Å². The van der Waals surface area contributed by atoms with Gasteiger partial charge in [-0.15, -0.1) is 0 Å². The summed E-state index contributed by atoms with van der Waals surface area (Å²) in [6.07, 6.45) is 0.562. The first-order valence-corrected chi connectivity index (χ1v) is 7.38. The van der Waals surface area contributed by atoms with Gasteiger partial charge in [-0.3, -0.25) is 11.3 Å². The summed E-state index contributed by atoms with van der Waals surface area (Å²) in [5, 5.41) is 0. The number of rotatable bonds is 5. The van der Waals surface area contributed by atoms with Crippen molar-refractivity contribution >= 4 is 15.9 Å². The quantitative estimate of drug-likeness (QED) is 0.637. The molecule has 0 radical (unpaired) electrons. The SMILES string of the molecule is COc1cc(C)ccc1C(Cc1cc(F)cc(Br)c1)NN. The van der Waals surface area contributed by atoms with Crippen LogP contribution in [0.4, 0.5) is 4.39 Å². The van der Waals surface area contributed by atoms with Gasteiger partial charge in [0, 0.05) is 10.0 Å². The first-order valence-electron chi connectivity index (χ1n) is 6.59. The molecule has 3 nitrogen and oxygen atoms in total. The molecule has 0 heterocycles. The van der Waals surface area contributed by atoms with E-state index in [1.165, 1.54) is 12.1 Å². The van der Waals surface area contributed by atoms with Crippen molar-refractivity contribution in [3.63, 3.8) is 0 Å². The highest BCUT2D eigenvalue weighted by Crippen LogP contribution is 2.29. The van der Waals surface area contributed by atoms with Crippen LogP contribution >= 0.6 is 15.9 Å². The normalized spacial score (nSPS) is 12.2. The average molecular weight is 353 g/mol. The number of aryl methyl sites for hydroxylation is 1. The Labute approximate surface area is 132 Å². The number of nitrogens with one attached hydrogen (secondary N) is 1. The van der Waals surface area contributed by atoms with Crippen molar-refractivity contribution in [3.8, 4) is 5.75 Å². The molecule has 0 saturated heterocycles. The summed E-state index contributed by atoms with van der Waals surface area (Å²) in [7, 11) is 1.63. The number of hydrazine groups is 1. The van der Waals surface area contributed by atoms with Gasteiger partial charge in [-0.2, -0.15) is 0 Å². The molecule has 5 heteroatoms. The maximum atomic E-state index is 13.5. The smallest absolute Gasteiger partial charge is 0.124 e. The Hall–Kier alpha value is -1.43. The summed E-state index contributed by atoms with van der Waals surface area (Å²) in [5.41, 5.74) is 5.70. The fourth-order valence-corrected chi connectivity index (χ4v) is 2.84. The van der Waals surface area contributed by atoms with Crippen molar-refractivity contribution in [3.05, 3.63) is 63.4 Å². The first kappa shape index (κ1) is 15.9. The molecule has 0 bridgehead atoms. The highest BCUT2D eigenvalue weighted by molar-refractivity contribution is 9.10. The molecule has 1 atom stereocenters. The lowest BCUT2D eigenvalue weighted by atomic mass is 9.97. The Morgan fingerprint density at radius 1 is 1.29 bits per heavy atom. The van der Waals surface area contributed by atoms with Crippen molar-refractivity contribution in [2.45, 2.75) is 19.4 Å². The van der Waals surface area contributed by atoms with Crippen LogP contribution in [0.5, 0.6) is 5.75 Å². The summed E-state index contributed by atoms with van der Waals surface area (Å²) in [4.78, 5) is 0. The molecule has 1 unspecified atom stereocenters. The van der Waals surface area contributed by atoms with Crippen LogP contribution in [0, 0.1) is 12.7 Å². The van der Waals surface area contributed by atoms with Gasteiger partial charge in [0.1, 0.15) is 11.6 Å². The molecule has 0 spiro atoms. The van der Waals surface area contributed by atoms with Crippen LogP contribution in [-0.2, 0) is 6.42 Å². The molecule has 2 aromatic rings. The molecule has 21 heavy (non-hydrogen) atoms. The lowest BCUT2D eigenvalue weighted by molar-refractivity contribution is 0.398. The van der Waals surface area contributed by atoms with Crippen molar-refractivity contribution in [2.24, 2.45) is 5.84 Å². The van der Waals surface area contributed by atoms with Gasteiger partial charge in [0.25, 0.3) is 0 Å². The van der Waals surface area contributed by atoms with Gasteiger partial charge in [0.15, 0.2) is 0 Å². The van der Waals surface area contributed by atoms with E-state index in [4.69, 9.17) is 10.6 Å². The standard InChI is InChI=1S/C16H18BrFN2O/c1-10-3-4-14(16(5-10)21-2)15(20-19)8-11-6-12(17)9-13(18)7-11/h3-7,9,15,20H,8,19H2,1-2H3. The Morgan fingerprint density at radius 3 is 2.67 bits per heavy atom. The summed E-state index contributed by atoms with van der Waals surface area (Å²) in [5.74, 6) is 6.18. The second kappa shape index (κ2) is 7.02.